The number of hydrogen-bond acceptors (Lipinski definition) is 3. The lowest BCUT2D eigenvalue weighted by atomic mass is 9.98. The predicted molar refractivity (Wildman–Crippen MR) is 109 cm³/mol. The van der Waals surface area contributed by atoms with Crippen molar-refractivity contribution in [1.29, 1.82) is 0 Å². The Labute approximate surface area is 162 Å². The minimum absolute atomic E-state index is 0.0508. The van der Waals surface area contributed by atoms with Crippen LogP contribution in [0.5, 0.6) is 0 Å². The van der Waals surface area contributed by atoms with Crippen LogP contribution in [0.4, 0.5) is 4.79 Å². The molecule has 0 saturated heterocycles. The molecule has 2 N–H and O–H groups in total. The van der Waals surface area contributed by atoms with Gasteiger partial charge < -0.3 is 15.0 Å². The summed E-state index contributed by atoms with van der Waals surface area (Å²) in [6.45, 7) is 0.638. The molecule has 1 aromatic heterocycles. The van der Waals surface area contributed by atoms with Crippen LogP contribution in [-0.4, -0.2) is 24.2 Å². The van der Waals surface area contributed by atoms with E-state index in [0.29, 0.717) is 13.2 Å². The van der Waals surface area contributed by atoms with Crippen LogP contribution >= 0.6 is 0 Å². The number of alkyl carbamates (subject to hydrolysis) is 1. The number of carbonyl (C=O) groups excluding carboxylic acids is 1. The number of pyridine rings is 1. The van der Waals surface area contributed by atoms with Crippen LogP contribution in [0.3, 0.4) is 0 Å². The van der Waals surface area contributed by atoms with Gasteiger partial charge in [-0.3, -0.25) is 4.79 Å². The van der Waals surface area contributed by atoms with Crippen molar-refractivity contribution >= 4 is 12.2 Å². The predicted octanol–water partition coefficient (Wildman–Crippen LogP) is 3.93. The number of benzene rings is 2. The Bertz CT molecular complexity index is 1020. The first-order valence-corrected chi connectivity index (χ1v) is 9.16. The molecule has 4 rings (SSSR count). The first-order chi connectivity index (χ1) is 13.7. The molecule has 28 heavy (non-hydrogen) atoms. The third kappa shape index (κ3) is 3.74. The normalized spacial score (nSPS) is 12.6. The number of ether oxygens (including phenoxy) is 1. The van der Waals surface area contributed by atoms with Crippen LogP contribution in [0.2, 0.25) is 0 Å². The number of fused-ring (bicyclic) bond motifs is 3. The van der Waals surface area contributed by atoms with Gasteiger partial charge in [0.1, 0.15) is 6.61 Å². The Kier molecular flexibility index (Phi) is 5.06. The summed E-state index contributed by atoms with van der Waals surface area (Å²) < 4.78 is 5.48. The van der Waals surface area contributed by atoms with Gasteiger partial charge in [-0.25, -0.2) is 4.79 Å². The van der Waals surface area contributed by atoms with Crippen molar-refractivity contribution in [2.45, 2.75) is 5.92 Å². The fraction of sp³-hybridized carbons (Fsp3) is 0.130. The second-order valence-electron chi connectivity index (χ2n) is 6.60. The number of hydrogen-bond donors (Lipinski definition) is 2. The molecule has 0 radical (unpaired) electrons. The maximum atomic E-state index is 12.1. The quantitative estimate of drug-likeness (QED) is 0.713. The highest BCUT2D eigenvalue weighted by molar-refractivity contribution is 5.79. The molecule has 1 aliphatic carbocycles. The van der Waals surface area contributed by atoms with E-state index in [2.05, 4.69) is 34.6 Å². The fourth-order valence-corrected chi connectivity index (χ4v) is 3.51. The van der Waals surface area contributed by atoms with Crippen molar-refractivity contribution in [2.24, 2.45) is 0 Å². The number of H-pyrrole nitrogens is 1. The molecule has 140 valence electrons. The van der Waals surface area contributed by atoms with Gasteiger partial charge in [0.2, 0.25) is 5.56 Å². The lowest BCUT2D eigenvalue weighted by Crippen LogP contribution is -2.26. The second kappa shape index (κ2) is 7.96. The minimum Gasteiger partial charge on any atom is -0.449 e. The molecule has 0 atom stereocenters. The highest BCUT2D eigenvalue weighted by atomic mass is 16.5. The van der Waals surface area contributed by atoms with Gasteiger partial charge >= 0.3 is 6.09 Å². The van der Waals surface area contributed by atoms with Gasteiger partial charge in [-0.2, -0.15) is 0 Å². The van der Waals surface area contributed by atoms with Gasteiger partial charge in [0.05, 0.1) is 0 Å². The molecule has 0 unspecified atom stereocenters. The fourth-order valence-electron chi connectivity index (χ4n) is 3.51. The number of amides is 1. The molecule has 0 spiro atoms. The number of rotatable bonds is 5. The molecule has 0 aliphatic heterocycles. The van der Waals surface area contributed by atoms with E-state index >= 15 is 0 Å². The Hall–Kier alpha value is -3.60. The first kappa shape index (κ1) is 17.8. The zero-order valence-electron chi connectivity index (χ0n) is 15.2. The molecule has 0 saturated carbocycles. The van der Waals surface area contributed by atoms with E-state index < -0.39 is 6.09 Å². The minimum atomic E-state index is -0.451. The second-order valence-corrected chi connectivity index (χ2v) is 6.60. The molecule has 0 fully saturated rings. The zero-order valence-corrected chi connectivity index (χ0v) is 15.2. The summed E-state index contributed by atoms with van der Waals surface area (Å²) in [5.74, 6) is 0.0508. The zero-order chi connectivity index (χ0) is 19.3. The standard InChI is InChI=1S/C23H20N2O3/c26-22-12-11-16(14-25-22)6-5-13-24-23(27)28-15-21-19-9-3-1-7-17(19)18-8-2-4-10-20(18)21/h1-12,14,21H,13,15H2,(H,24,27)(H,25,26). The van der Waals surface area contributed by atoms with Crippen LogP contribution < -0.4 is 10.9 Å². The van der Waals surface area contributed by atoms with Crippen molar-refractivity contribution in [2.75, 3.05) is 13.2 Å². The Morgan fingerprint density at radius 2 is 1.68 bits per heavy atom. The molecule has 0 bridgehead atoms. The number of carbonyl (C=O) groups is 1. The van der Waals surface area contributed by atoms with Crippen molar-refractivity contribution < 1.29 is 9.53 Å². The van der Waals surface area contributed by atoms with E-state index in [1.54, 1.807) is 18.3 Å². The summed E-state index contributed by atoms with van der Waals surface area (Å²) in [5, 5.41) is 2.72. The summed E-state index contributed by atoms with van der Waals surface area (Å²) in [6, 6.07) is 19.6. The maximum Gasteiger partial charge on any atom is 0.407 e. The lowest BCUT2D eigenvalue weighted by molar-refractivity contribution is 0.144. The molecular weight excluding hydrogens is 352 g/mol. The molecule has 1 amide bonds. The van der Waals surface area contributed by atoms with Crippen LogP contribution in [0.15, 0.2) is 77.7 Å². The SMILES string of the molecule is O=C(NCC=Cc1ccc(=O)[nH]c1)OCC1c2ccccc2-c2ccccc21. The number of aromatic nitrogens is 1. The molecule has 5 nitrogen and oxygen atoms in total. The third-order valence-corrected chi connectivity index (χ3v) is 4.83. The van der Waals surface area contributed by atoms with E-state index in [9.17, 15) is 9.59 Å². The molecule has 3 aromatic rings. The molecule has 2 aromatic carbocycles. The van der Waals surface area contributed by atoms with Crippen molar-refractivity contribution in [3.05, 3.63) is 100.0 Å². The average Bonchev–Trinajstić information content (AvgIpc) is 3.05. The van der Waals surface area contributed by atoms with E-state index in [1.165, 1.54) is 28.3 Å². The largest absolute Gasteiger partial charge is 0.449 e. The van der Waals surface area contributed by atoms with E-state index in [0.717, 1.165) is 5.56 Å². The Morgan fingerprint density at radius 1 is 1.00 bits per heavy atom. The maximum absolute atomic E-state index is 12.1. The third-order valence-electron chi connectivity index (χ3n) is 4.83. The van der Waals surface area contributed by atoms with Crippen molar-refractivity contribution in [3.8, 4) is 11.1 Å². The lowest BCUT2D eigenvalue weighted by Gasteiger charge is -2.14. The molecule has 5 heteroatoms. The Balaban J connectivity index is 1.34. The average molecular weight is 372 g/mol. The summed E-state index contributed by atoms with van der Waals surface area (Å²) in [4.78, 5) is 25.7. The van der Waals surface area contributed by atoms with Crippen LogP contribution in [0.1, 0.15) is 22.6 Å². The highest BCUT2D eigenvalue weighted by Crippen LogP contribution is 2.44. The summed E-state index contributed by atoms with van der Waals surface area (Å²) in [5.41, 5.74) is 5.50. The van der Waals surface area contributed by atoms with Crippen molar-refractivity contribution in [3.63, 3.8) is 0 Å². The molecule has 1 aliphatic rings. The van der Waals surface area contributed by atoms with Crippen LogP contribution in [0.25, 0.3) is 17.2 Å². The Morgan fingerprint density at radius 3 is 2.32 bits per heavy atom. The van der Waals surface area contributed by atoms with Gasteiger partial charge in [0.25, 0.3) is 0 Å². The van der Waals surface area contributed by atoms with Gasteiger partial charge in [-0.1, -0.05) is 60.7 Å². The summed E-state index contributed by atoms with van der Waals surface area (Å²) in [6.07, 6.45) is 4.79. The van der Waals surface area contributed by atoms with Gasteiger partial charge in [-0.15, -0.1) is 0 Å². The topological polar surface area (TPSA) is 71.2 Å². The van der Waals surface area contributed by atoms with E-state index in [1.807, 2.05) is 30.3 Å². The smallest absolute Gasteiger partial charge is 0.407 e. The molecular formula is C23H20N2O3. The van der Waals surface area contributed by atoms with Gasteiger partial charge in [0, 0.05) is 24.7 Å². The van der Waals surface area contributed by atoms with E-state index in [4.69, 9.17) is 4.74 Å². The summed E-state index contributed by atoms with van der Waals surface area (Å²) >= 11 is 0. The number of aromatic amines is 1. The summed E-state index contributed by atoms with van der Waals surface area (Å²) in [7, 11) is 0. The van der Waals surface area contributed by atoms with E-state index in [-0.39, 0.29) is 11.5 Å². The van der Waals surface area contributed by atoms with Crippen molar-refractivity contribution in [1.82, 2.24) is 10.3 Å². The van der Waals surface area contributed by atoms with Crippen LogP contribution in [0, 0.1) is 0 Å². The highest BCUT2D eigenvalue weighted by Gasteiger charge is 2.28. The van der Waals surface area contributed by atoms with Gasteiger partial charge in [0.15, 0.2) is 0 Å². The first-order valence-electron chi connectivity index (χ1n) is 9.16. The van der Waals surface area contributed by atoms with Crippen LogP contribution in [-0.2, 0) is 4.74 Å². The van der Waals surface area contributed by atoms with Gasteiger partial charge in [-0.05, 0) is 33.9 Å². The molecule has 1 heterocycles. The monoisotopic (exact) mass is 372 g/mol. The number of nitrogens with one attached hydrogen (secondary N) is 2.